The number of carbonyl (C=O) groups excluding carboxylic acids is 2. The van der Waals surface area contributed by atoms with Gasteiger partial charge in [0.2, 0.25) is 0 Å². The maximum absolute atomic E-state index is 13.1. The first-order chi connectivity index (χ1) is 13.7. The highest BCUT2D eigenvalue weighted by Crippen LogP contribution is 2.35. The van der Waals surface area contributed by atoms with Crippen LogP contribution in [0.1, 0.15) is 67.3 Å². The second-order valence-corrected chi connectivity index (χ2v) is 7.39. The van der Waals surface area contributed by atoms with Gasteiger partial charge in [-0.1, -0.05) is 43.5 Å². The largest absolute Gasteiger partial charge is 0.481 e. The first-order valence-corrected chi connectivity index (χ1v) is 9.83. The number of hydrogen-bond acceptors (Lipinski definition) is 3. The summed E-state index contributed by atoms with van der Waals surface area (Å²) in [6, 6.07) is 4.67. The summed E-state index contributed by atoms with van der Waals surface area (Å²) in [5.74, 6) is -1.80. The zero-order chi connectivity index (χ0) is 21.4. The molecule has 29 heavy (non-hydrogen) atoms. The number of rotatable bonds is 10. The van der Waals surface area contributed by atoms with Crippen LogP contribution in [0.5, 0.6) is 0 Å². The van der Waals surface area contributed by atoms with Gasteiger partial charge < -0.3 is 5.11 Å². The molecule has 0 aromatic heterocycles. The van der Waals surface area contributed by atoms with Crippen molar-refractivity contribution in [3.05, 3.63) is 47.5 Å². The van der Waals surface area contributed by atoms with E-state index in [0.29, 0.717) is 25.7 Å². The molecular formula is C22H25F3O4. The number of carboxylic acids is 1. The van der Waals surface area contributed by atoms with E-state index in [9.17, 15) is 27.6 Å². The molecule has 0 heterocycles. The van der Waals surface area contributed by atoms with Crippen LogP contribution in [0.15, 0.2) is 36.4 Å². The molecule has 1 aliphatic rings. The lowest BCUT2D eigenvalue weighted by atomic mass is 9.89. The number of hydrogen-bond donors (Lipinski definition) is 1. The highest BCUT2D eigenvalue weighted by Gasteiger charge is 2.35. The third kappa shape index (κ3) is 6.84. The number of carboxylic acid groups (broad SMARTS) is 1. The molecule has 1 saturated carbocycles. The van der Waals surface area contributed by atoms with Crippen LogP contribution in [0.25, 0.3) is 0 Å². The molecule has 0 bridgehead atoms. The van der Waals surface area contributed by atoms with Crippen molar-refractivity contribution in [3.8, 4) is 0 Å². The topological polar surface area (TPSA) is 71.4 Å². The van der Waals surface area contributed by atoms with E-state index < -0.39 is 29.1 Å². The minimum Gasteiger partial charge on any atom is -0.481 e. The molecule has 2 rings (SSSR count). The highest BCUT2D eigenvalue weighted by atomic mass is 19.4. The molecule has 1 aromatic rings. The van der Waals surface area contributed by atoms with Crippen molar-refractivity contribution in [2.45, 2.75) is 57.5 Å². The molecule has 158 valence electrons. The summed E-state index contributed by atoms with van der Waals surface area (Å²) in [5.41, 5.74) is -1.36. The molecule has 0 radical (unpaired) electrons. The summed E-state index contributed by atoms with van der Waals surface area (Å²) in [6.45, 7) is 0. The molecule has 0 aliphatic heterocycles. The zero-order valence-electron chi connectivity index (χ0n) is 16.1. The quantitative estimate of drug-likeness (QED) is 0.316. The van der Waals surface area contributed by atoms with Gasteiger partial charge in [-0.3, -0.25) is 14.4 Å². The van der Waals surface area contributed by atoms with Gasteiger partial charge in [-0.25, -0.2) is 0 Å². The number of aliphatic carboxylic acids is 1. The van der Waals surface area contributed by atoms with Gasteiger partial charge in [-0.05, 0) is 37.3 Å². The Bertz CT molecular complexity index is 768. The highest BCUT2D eigenvalue weighted by molar-refractivity contribution is 6.05. The normalized spacial score (nSPS) is 19.8. The number of unbranched alkanes of at least 4 members (excludes halogenated alkanes) is 3. The average Bonchev–Trinajstić information content (AvgIpc) is 3.01. The maximum atomic E-state index is 13.1. The van der Waals surface area contributed by atoms with Crippen molar-refractivity contribution in [1.82, 2.24) is 0 Å². The molecule has 2 atom stereocenters. The van der Waals surface area contributed by atoms with Gasteiger partial charge in [0.25, 0.3) is 0 Å². The van der Waals surface area contributed by atoms with Crippen LogP contribution in [0, 0.1) is 11.8 Å². The van der Waals surface area contributed by atoms with Crippen LogP contribution in [-0.2, 0) is 15.8 Å². The van der Waals surface area contributed by atoms with E-state index in [4.69, 9.17) is 5.11 Å². The van der Waals surface area contributed by atoms with Crippen molar-refractivity contribution < 1.29 is 32.7 Å². The Balaban J connectivity index is 1.94. The molecule has 4 nitrogen and oxygen atoms in total. The van der Waals surface area contributed by atoms with E-state index in [0.717, 1.165) is 37.5 Å². The summed E-state index contributed by atoms with van der Waals surface area (Å²) in [6.07, 6.45) is 2.90. The number of allylic oxidation sites excluding steroid dienone is 2. The van der Waals surface area contributed by atoms with Gasteiger partial charge in [0.1, 0.15) is 5.78 Å². The van der Waals surface area contributed by atoms with Crippen LogP contribution in [0.4, 0.5) is 13.2 Å². The molecule has 1 aromatic carbocycles. The summed E-state index contributed by atoms with van der Waals surface area (Å²) in [7, 11) is 0. The molecule has 0 spiro atoms. The van der Waals surface area contributed by atoms with Crippen molar-refractivity contribution >= 4 is 17.5 Å². The van der Waals surface area contributed by atoms with Gasteiger partial charge in [0, 0.05) is 24.3 Å². The molecule has 0 amide bonds. The van der Waals surface area contributed by atoms with Gasteiger partial charge in [0.05, 0.1) is 5.56 Å². The summed E-state index contributed by atoms with van der Waals surface area (Å²) in [4.78, 5) is 35.0. The summed E-state index contributed by atoms with van der Waals surface area (Å²) in [5, 5.41) is 8.62. The SMILES string of the molecule is O=C(O)CCCCCC[C@@H]1C(=O)CC[C@H]1C=CC(=O)c1ccccc1C(F)(F)F. The third-order valence-corrected chi connectivity index (χ3v) is 5.30. The lowest BCUT2D eigenvalue weighted by Crippen LogP contribution is -2.14. The van der Waals surface area contributed by atoms with Crippen LogP contribution >= 0.6 is 0 Å². The lowest BCUT2D eigenvalue weighted by molar-refractivity contribution is -0.138. The van der Waals surface area contributed by atoms with Crippen molar-refractivity contribution in [1.29, 1.82) is 0 Å². The average molecular weight is 410 g/mol. The number of halogens is 3. The van der Waals surface area contributed by atoms with Crippen molar-refractivity contribution in [2.24, 2.45) is 11.8 Å². The fourth-order valence-electron chi connectivity index (χ4n) is 3.78. The Morgan fingerprint density at radius 3 is 2.48 bits per heavy atom. The van der Waals surface area contributed by atoms with Gasteiger partial charge in [-0.15, -0.1) is 0 Å². The van der Waals surface area contributed by atoms with Crippen LogP contribution in [-0.4, -0.2) is 22.6 Å². The van der Waals surface area contributed by atoms with Crippen LogP contribution < -0.4 is 0 Å². The smallest absolute Gasteiger partial charge is 0.417 e. The van der Waals surface area contributed by atoms with E-state index >= 15 is 0 Å². The monoisotopic (exact) mass is 410 g/mol. The second kappa shape index (κ2) is 10.4. The first kappa shape index (κ1) is 22.8. The first-order valence-electron chi connectivity index (χ1n) is 9.83. The molecule has 0 saturated heterocycles. The molecule has 0 unspecified atom stereocenters. The Kier molecular flexibility index (Phi) is 8.17. The standard InChI is InChI=1S/C22H25F3O4/c23-22(24,25)18-9-6-5-8-17(18)20(27)14-12-15-11-13-19(26)16(15)7-3-1-2-4-10-21(28)29/h5-6,8-9,12,14-16H,1-4,7,10-11,13H2,(H,28,29)/t15-,16-/m0/s1. The molecule has 1 N–H and O–H groups in total. The predicted molar refractivity (Wildman–Crippen MR) is 101 cm³/mol. The van der Waals surface area contributed by atoms with Crippen LogP contribution in [0.2, 0.25) is 0 Å². The van der Waals surface area contributed by atoms with E-state index in [1.54, 1.807) is 6.08 Å². The van der Waals surface area contributed by atoms with Gasteiger partial charge in [-0.2, -0.15) is 13.2 Å². The van der Waals surface area contributed by atoms with Gasteiger partial charge in [0.15, 0.2) is 5.78 Å². The maximum Gasteiger partial charge on any atom is 0.417 e. The molecule has 1 fully saturated rings. The number of carbonyl (C=O) groups is 3. The Morgan fingerprint density at radius 1 is 1.10 bits per heavy atom. The fourth-order valence-corrected chi connectivity index (χ4v) is 3.78. The summed E-state index contributed by atoms with van der Waals surface area (Å²) >= 11 is 0. The lowest BCUT2D eigenvalue weighted by Gasteiger charge is -2.15. The van der Waals surface area contributed by atoms with Gasteiger partial charge >= 0.3 is 12.1 Å². The Hall–Kier alpha value is -2.44. The third-order valence-electron chi connectivity index (χ3n) is 5.30. The molecule has 7 heteroatoms. The van der Waals surface area contributed by atoms with E-state index in [-0.39, 0.29) is 24.0 Å². The van der Waals surface area contributed by atoms with E-state index in [1.165, 1.54) is 12.1 Å². The van der Waals surface area contributed by atoms with Crippen molar-refractivity contribution in [3.63, 3.8) is 0 Å². The number of benzene rings is 1. The zero-order valence-corrected chi connectivity index (χ0v) is 16.1. The minimum absolute atomic E-state index is 0.119. The predicted octanol–water partition coefficient (Wildman–Crippen LogP) is 5.46. The van der Waals surface area contributed by atoms with Crippen LogP contribution in [0.3, 0.4) is 0 Å². The minimum atomic E-state index is -4.60. The number of Topliss-reactive ketones (excluding diaryl/α,β-unsaturated/α-hetero) is 1. The van der Waals surface area contributed by atoms with E-state index in [1.807, 2.05) is 0 Å². The number of ketones is 2. The molecule has 1 aliphatic carbocycles. The van der Waals surface area contributed by atoms with Crippen molar-refractivity contribution in [2.75, 3.05) is 0 Å². The Morgan fingerprint density at radius 2 is 1.79 bits per heavy atom. The second-order valence-electron chi connectivity index (χ2n) is 7.39. The number of alkyl halides is 3. The summed E-state index contributed by atoms with van der Waals surface area (Å²) < 4.78 is 39.2. The van der Waals surface area contributed by atoms with E-state index in [2.05, 4.69) is 0 Å². The molecular weight excluding hydrogens is 385 g/mol. The fraction of sp³-hybridized carbons (Fsp3) is 0.500. The Labute approximate surface area is 167 Å².